The molecule has 170 valence electrons. The van der Waals surface area contributed by atoms with Crippen LogP contribution in [0.2, 0.25) is 0 Å². The van der Waals surface area contributed by atoms with Crippen molar-refractivity contribution in [2.45, 2.75) is 63.5 Å². The molecular formula is C24H29F2N5O. The molecule has 0 aromatic carbocycles. The molecule has 5 rings (SSSR count). The van der Waals surface area contributed by atoms with Crippen molar-refractivity contribution in [1.82, 2.24) is 20.6 Å². The fraction of sp³-hybridized carbons (Fsp3) is 0.542. The average molecular weight is 442 g/mol. The van der Waals surface area contributed by atoms with Crippen molar-refractivity contribution in [2.75, 3.05) is 13.1 Å². The van der Waals surface area contributed by atoms with Gasteiger partial charge in [0.25, 0.3) is 11.8 Å². The summed E-state index contributed by atoms with van der Waals surface area (Å²) < 4.78 is 27.0. The molecule has 0 radical (unpaired) electrons. The van der Waals surface area contributed by atoms with Crippen molar-refractivity contribution in [3.63, 3.8) is 0 Å². The van der Waals surface area contributed by atoms with Gasteiger partial charge in [0.15, 0.2) is 0 Å². The molecule has 3 heterocycles. The summed E-state index contributed by atoms with van der Waals surface area (Å²) in [5.41, 5.74) is 7.44. The maximum absolute atomic E-state index is 13.5. The SMILES string of the molecule is O=C(NC1CCCCC1)C1=NNC2=CC=C(c3cncc(CN4CCC(F)(F)C4)c3)CC21. The number of allylic oxidation sites excluding steroid dienone is 4. The van der Waals surface area contributed by atoms with Crippen LogP contribution in [-0.4, -0.2) is 46.6 Å². The van der Waals surface area contributed by atoms with Gasteiger partial charge in [0, 0.05) is 43.6 Å². The van der Waals surface area contributed by atoms with Crippen molar-refractivity contribution >= 4 is 17.2 Å². The van der Waals surface area contributed by atoms with Crippen LogP contribution in [-0.2, 0) is 11.3 Å². The number of nitrogens with one attached hydrogen (secondary N) is 2. The van der Waals surface area contributed by atoms with Gasteiger partial charge in [0.05, 0.1) is 12.5 Å². The fourth-order valence-electron chi connectivity index (χ4n) is 5.15. The number of nitrogens with zero attached hydrogens (tertiary/aromatic N) is 3. The molecule has 0 spiro atoms. The summed E-state index contributed by atoms with van der Waals surface area (Å²) >= 11 is 0. The lowest BCUT2D eigenvalue weighted by molar-refractivity contribution is -0.115. The Labute approximate surface area is 186 Å². The summed E-state index contributed by atoms with van der Waals surface area (Å²) in [7, 11) is 0. The molecule has 1 saturated carbocycles. The molecule has 32 heavy (non-hydrogen) atoms. The number of rotatable bonds is 5. The number of carbonyl (C=O) groups is 1. The predicted molar refractivity (Wildman–Crippen MR) is 119 cm³/mol. The Balaban J connectivity index is 1.25. The minimum Gasteiger partial charge on any atom is -0.348 e. The second-order valence-electron chi connectivity index (χ2n) is 9.39. The molecule has 8 heteroatoms. The van der Waals surface area contributed by atoms with Gasteiger partial charge in [-0.25, -0.2) is 8.78 Å². The average Bonchev–Trinajstić information content (AvgIpc) is 3.36. The van der Waals surface area contributed by atoms with Crippen LogP contribution < -0.4 is 10.7 Å². The highest BCUT2D eigenvalue weighted by Crippen LogP contribution is 2.34. The third-order valence-corrected chi connectivity index (χ3v) is 6.89. The van der Waals surface area contributed by atoms with E-state index in [2.05, 4.69) is 20.8 Å². The van der Waals surface area contributed by atoms with Crippen LogP contribution in [0, 0.1) is 5.92 Å². The molecule has 2 aliphatic heterocycles. The van der Waals surface area contributed by atoms with E-state index in [0.29, 0.717) is 25.2 Å². The molecule has 2 N–H and O–H groups in total. The first-order chi connectivity index (χ1) is 15.5. The Morgan fingerprint density at radius 1 is 1.22 bits per heavy atom. The smallest absolute Gasteiger partial charge is 0.268 e. The number of pyridine rings is 1. The van der Waals surface area contributed by atoms with Crippen LogP contribution in [0.15, 0.2) is 41.4 Å². The molecule has 1 unspecified atom stereocenters. The van der Waals surface area contributed by atoms with E-state index in [-0.39, 0.29) is 30.8 Å². The second kappa shape index (κ2) is 8.73. The third kappa shape index (κ3) is 4.60. The van der Waals surface area contributed by atoms with Crippen molar-refractivity contribution in [3.05, 3.63) is 47.4 Å². The van der Waals surface area contributed by atoms with Crippen LogP contribution in [0.3, 0.4) is 0 Å². The zero-order valence-corrected chi connectivity index (χ0v) is 18.1. The quantitative estimate of drug-likeness (QED) is 0.732. The minimum atomic E-state index is -2.60. The van der Waals surface area contributed by atoms with Crippen molar-refractivity contribution in [2.24, 2.45) is 11.0 Å². The molecule has 0 bridgehead atoms. The highest BCUT2D eigenvalue weighted by atomic mass is 19.3. The molecule has 6 nitrogen and oxygen atoms in total. The van der Waals surface area contributed by atoms with E-state index in [1.165, 1.54) is 6.42 Å². The molecule has 1 aromatic rings. The first-order valence-electron chi connectivity index (χ1n) is 11.6. The summed E-state index contributed by atoms with van der Waals surface area (Å²) in [4.78, 5) is 19.0. The van der Waals surface area contributed by atoms with E-state index in [0.717, 1.165) is 48.1 Å². The van der Waals surface area contributed by atoms with E-state index in [1.807, 2.05) is 18.2 Å². The number of carbonyl (C=O) groups excluding carboxylic acids is 1. The highest BCUT2D eigenvalue weighted by molar-refractivity contribution is 6.41. The summed E-state index contributed by atoms with van der Waals surface area (Å²) in [6.45, 7) is 0.664. The number of amides is 1. The summed E-state index contributed by atoms with van der Waals surface area (Å²) in [5, 5.41) is 7.50. The Hall–Kier alpha value is -2.61. The van der Waals surface area contributed by atoms with Crippen LogP contribution >= 0.6 is 0 Å². The van der Waals surface area contributed by atoms with E-state index in [9.17, 15) is 13.6 Å². The van der Waals surface area contributed by atoms with E-state index in [1.54, 1.807) is 17.3 Å². The first-order valence-corrected chi connectivity index (χ1v) is 11.6. The maximum Gasteiger partial charge on any atom is 0.268 e. The topological polar surface area (TPSA) is 69.6 Å². The van der Waals surface area contributed by atoms with Crippen molar-refractivity contribution in [1.29, 1.82) is 0 Å². The number of likely N-dealkylation sites (tertiary alicyclic amines) is 1. The Morgan fingerprint density at radius 2 is 2.06 bits per heavy atom. The maximum atomic E-state index is 13.5. The molecule has 1 amide bonds. The predicted octanol–water partition coefficient (Wildman–Crippen LogP) is 3.62. The molecule has 2 fully saturated rings. The van der Waals surface area contributed by atoms with Crippen LogP contribution in [0.5, 0.6) is 0 Å². The lowest BCUT2D eigenvalue weighted by atomic mass is 9.85. The minimum absolute atomic E-state index is 0.0825. The molecule has 1 atom stereocenters. The number of hydrogen-bond donors (Lipinski definition) is 2. The first kappa shape index (κ1) is 21.2. The van der Waals surface area contributed by atoms with E-state index in [4.69, 9.17) is 0 Å². The molecular weight excluding hydrogens is 412 g/mol. The van der Waals surface area contributed by atoms with Crippen LogP contribution in [0.4, 0.5) is 8.78 Å². The Bertz CT molecular complexity index is 980. The van der Waals surface area contributed by atoms with Gasteiger partial charge in [-0.1, -0.05) is 25.3 Å². The number of aromatic nitrogens is 1. The third-order valence-electron chi connectivity index (χ3n) is 6.89. The van der Waals surface area contributed by atoms with Gasteiger partial charge in [0.1, 0.15) is 5.71 Å². The lowest BCUT2D eigenvalue weighted by Gasteiger charge is -2.24. The van der Waals surface area contributed by atoms with Gasteiger partial charge in [-0.05, 0) is 48.1 Å². The van der Waals surface area contributed by atoms with Gasteiger partial charge in [0.2, 0.25) is 0 Å². The largest absolute Gasteiger partial charge is 0.348 e. The van der Waals surface area contributed by atoms with Gasteiger partial charge in [-0.15, -0.1) is 0 Å². The van der Waals surface area contributed by atoms with Crippen LogP contribution in [0.25, 0.3) is 5.57 Å². The molecule has 1 aromatic heterocycles. The Morgan fingerprint density at radius 3 is 2.84 bits per heavy atom. The molecule has 4 aliphatic rings. The van der Waals surface area contributed by atoms with Gasteiger partial charge in [-0.3, -0.25) is 20.1 Å². The molecule has 1 saturated heterocycles. The van der Waals surface area contributed by atoms with Gasteiger partial charge in [-0.2, -0.15) is 5.10 Å². The van der Waals surface area contributed by atoms with E-state index < -0.39 is 5.92 Å². The molecule has 2 aliphatic carbocycles. The van der Waals surface area contributed by atoms with Gasteiger partial charge < -0.3 is 5.32 Å². The number of fused-ring (bicyclic) bond motifs is 1. The summed E-state index contributed by atoms with van der Waals surface area (Å²) in [6, 6.07) is 2.26. The normalized spacial score (nSPS) is 25.4. The summed E-state index contributed by atoms with van der Waals surface area (Å²) in [6.07, 6.45) is 13.7. The summed E-state index contributed by atoms with van der Waals surface area (Å²) in [5.74, 6) is -2.78. The van der Waals surface area contributed by atoms with Crippen molar-refractivity contribution < 1.29 is 13.6 Å². The highest BCUT2D eigenvalue weighted by Gasteiger charge is 2.38. The Kier molecular flexibility index (Phi) is 5.80. The van der Waals surface area contributed by atoms with E-state index >= 15 is 0 Å². The number of hydrazone groups is 1. The zero-order valence-electron chi connectivity index (χ0n) is 18.1. The van der Waals surface area contributed by atoms with Gasteiger partial charge >= 0.3 is 0 Å². The lowest BCUT2D eigenvalue weighted by Crippen LogP contribution is -2.42. The number of alkyl halides is 2. The monoisotopic (exact) mass is 441 g/mol. The zero-order chi connectivity index (χ0) is 22.1. The number of halogens is 2. The number of hydrogen-bond acceptors (Lipinski definition) is 5. The second-order valence-corrected chi connectivity index (χ2v) is 9.39. The van der Waals surface area contributed by atoms with Crippen LogP contribution in [0.1, 0.15) is 56.1 Å². The van der Waals surface area contributed by atoms with Crippen molar-refractivity contribution in [3.8, 4) is 0 Å². The fourth-order valence-corrected chi connectivity index (χ4v) is 5.15. The standard InChI is InChI=1S/C24H29F2N5O/c25-24(26)8-9-31(15-24)14-16-10-18(13-27-12-16)17-6-7-21-20(11-17)22(30-29-21)23(32)28-19-4-2-1-3-5-19/h6-7,10,12-13,19-20,29H,1-5,8-9,11,14-15H2,(H,28,32).